The molecule has 1 heterocycles. The van der Waals surface area contributed by atoms with E-state index in [-0.39, 0.29) is 11.6 Å². The van der Waals surface area contributed by atoms with Crippen LogP contribution in [0.4, 0.5) is 5.69 Å². The van der Waals surface area contributed by atoms with Gasteiger partial charge in [0.1, 0.15) is 5.82 Å². The standard InChI is InChI=1S/C15H18BrN3O/c1-8-5-6-13(12(16)7-8)18-10(3)14-9(2)17-11(4)19-15(14)20/h5-7,10,18H,1-4H3,(H,17,19,20). The molecule has 0 saturated heterocycles. The number of halogens is 1. The third kappa shape index (κ3) is 3.10. The first-order chi connectivity index (χ1) is 9.38. The number of aryl methyl sites for hydroxylation is 3. The van der Waals surface area contributed by atoms with Gasteiger partial charge in [-0.1, -0.05) is 6.07 Å². The molecule has 0 aliphatic heterocycles. The van der Waals surface area contributed by atoms with Crippen LogP contribution in [0.2, 0.25) is 0 Å². The molecule has 1 aromatic carbocycles. The number of rotatable bonds is 3. The molecule has 106 valence electrons. The summed E-state index contributed by atoms with van der Waals surface area (Å²) < 4.78 is 0.985. The second kappa shape index (κ2) is 5.79. The molecule has 1 atom stereocenters. The van der Waals surface area contributed by atoms with Crippen molar-refractivity contribution in [3.63, 3.8) is 0 Å². The molecule has 0 aliphatic rings. The van der Waals surface area contributed by atoms with Gasteiger partial charge in [-0.3, -0.25) is 4.79 Å². The van der Waals surface area contributed by atoms with Gasteiger partial charge in [-0.25, -0.2) is 4.98 Å². The summed E-state index contributed by atoms with van der Waals surface area (Å²) in [7, 11) is 0. The van der Waals surface area contributed by atoms with Crippen LogP contribution in [-0.2, 0) is 0 Å². The molecule has 2 N–H and O–H groups in total. The Morgan fingerprint density at radius 1 is 1.30 bits per heavy atom. The van der Waals surface area contributed by atoms with Gasteiger partial charge in [-0.2, -0.15) is 0 Å². The number of hydrogen-bond acceptors (Lipinski definition) is 3. The molecule has 0 aliphatic carbocycles. The van der Waals surface area contributed by atoms with Crippen molar-refractivity contribution in [2.75, 3.05) is 5.32 Å². The van der Waals surface area contributed by atoms with Gasteiger partial charge in [0.15, 0.2) is 0 Å². The number of aromatic amines is 1. The van der Waals surface area contributed by atoms with Crippen LogP contribution < -0.4 is 10.9 Å². The Hall–Kier alpha value is -1.62. The van der Waals surface area contributed by atoms with E-state index < -0.39 is 0 Å². The van der Waals surface area contributed by atoms with Crippen molar-refractivity contribution in [3.05, 3.63) is 55.7 Å². The number of nitrogens with zero attached hydrogens (tertiary/aromatic N) is 1. The zero-order chi connectivity index (χ0) is 14.9. The minimum Gasteiger partial charge on any atom is -0.377 e. The van der Waals surface area contributed by atoms with Crippen molar-refractivity contribution in [3.8, 4) is 0 Å². The summed E-state index contributed by atoms with van der Waals surface area (Å²) in [4.78, 5) is 19.2. The van der Waals surface area contributed by atoms with E-state index in [4.69, 9.17) is 0 Å². The lowest BCUT2D eigenvalue weighted by Crippen LogP contribution is -2.23. The van der Waals surface area contributed by atoms with Crippen LogP contribution in [0.3, 0.4) is 0 Å². The van der Waals surface area contributed by atoms with E-state index in [1.54, 1.807) is 6.92 Å². The molecule has 0 radical (unpaired) electrons. The zero-order valence-electron chi connectivity index (χ0n) is 12.0. The Kier molecular flexibility index (Phi) is 4.28. The molecule has 2 rings (SSSR count). The Labute approximate surface area is 126 Å². The lowest BCUT2D eigenvalue weighted by atomic mass is 10.1. The molecule has 0 amide bonds. The lowest BCUT2D eigenvalue weighted by molar-refractivity contribution is 0.813. The van der Waals surface area contributed by atoms with Crippen LogP contribution in [0.15, 0.2) is 27.5 Å². The average Bonchev–Trinajstić information content (AvgIpc) is 2.31. The van der Waals surface area contributed by atoms with E-state index in [1.165, 1.54) is 5.56 Å². The van der Waals surface area contributed by atoms with E-state index in [2.05, 4.69) is 31.2 Å². The fourth-order valence-corrected chi connectivity index (χ4v) is 2.90. The van der Waals surface area contributed by atoms with E-state index in [1.807, 2.05) is 39.0 Å². The van der Waals surface area contributed by atoms with E-state index in [0.29, 0.717) is 11.4 Å². The van der Waals surface area contributed by atoms with Crippen molar-refractivity contribution in [2.24, 2.45) is 0 Å². The van der Waals surface area contributed by atoms with Crippen LogP contribution in [-0.4, -0.2) is 9.97 Å². The summed E-state index contributed by atoms with van der Waals surface area (Å²) in [6.07, 6.45) is 0. The Morgan fingerprint density at radius 2 is 2.00 bits per heavy atom. The van der Waals surface area contributed by atoms with Gasteiger partial charge in [0.25, 0.3) is 5.56 Å². The Balaban J connectivity index is 2.33. The maximum Gasteiger partial charge on any atom is 0.256 e. The summed E-state index contributed by atoms with van der Waals surface area (Å²) in [6.45, 7) is 7.64. The van der Waals surface area contributed by atoms with Crippen LogP contribution >= 0.6 is 15.9 Å². The molecular formula is C15H18BrN3O. The Morgan fingerprint density at radius 3 is 2.60 bits per heavy atom. The van der Waals surface area contributed by atoms with E-state index >= 15 is 0 Å². The summed E-state index contributed by atoms with van der Waals surface area (Å²) in [5, 5.41) is 3.35. The van der Waals surface area contributed by atoms with Gasteiger partial charge in [0.2, 0.25) is 0 Å². The second-order valence-electron chi connectivity index (χ2n) is 5.00. The van der Waals surface area contributed by atoms with Crippen LogP contribution in [0.25, 0.3) is 0 Å². The quantitative estimate of drug-likeness (QED) is 0.900. The molecule has 2 aromatic rings. The third-order valence-electron chi connectivity index (χ3n) is 3.19. The van der Waals surface area contributed by atoms with Crippen molar-refractivity contribution in [2.45, 2.75) is 33.7 Å². The first kappa shape index (κ1) is 14.8. The third-order valence-corrected chi connectivity index (χ3v) is 3.85. The molecular weight excluding hydrogens is 318 g/mol. The minimum atomic E-state index is -0.120. The van der Waals surface area contributed by atoms with Crippen molar-refractivity contribution in [1.82, 2.24) is 9.97 Å². The fourth-order valence-electron chi connectivity index (χ4n) is 2.29. The number of H-pyrrole nitrogens is 1. The largest absolute Gasteiger partial charge is 0.377 e. The predicted octanol–water partition coefficient (Wildman–Crippen LogP) is 3.63. The van der Waals surface area contributed by atoms with E-state index in [9.17, 15) is 4.79 Å². The van der Waals surface area contributed by atoms with E-state index in [0.717, 1.165) is 15.9 Å². The topological polar surface area (TPSA) is 57.8 Å². The van der Waals surface area contributed by atoms with Gasteiger partial charge >= 0.3 is 0 Å². The highest BCUT2D eigenvalue weighted by atomic mass is 79.9. The molecule has 4 nitrogen and oxygen atoms in total. The van der Waals surface area contributed by atoms with Crippen LogP contribution in [0.1, 0.15) is 35.6 Å². The summed E-state index contributed by atoms with van der Waals surface area (Å²) >= 11 is 3.53. The number of anilines is 1. The number of hydrogen-bond donors (Lipinski definition) is 2. The monoisotopic (exact) mass is 335 g/mol. The van der Waals surface area contributed by atoms with Crippen LogP contribution in [0, 0.1) is 20.8 Å². The first-order valence-electron chi connectivity index (χ1n) is 6.48. The van der Waals surface area contributed by atoms with Gasteiger partial charge in [-0.05, 0) is 61.3 Å². The highest BCUT2D eigenvalue weighted by Crippen LogP contribution is 2.27. The first-order valence-corrected chi connectivity index (χ1v) is 7.28. The number of aromatic nitrogens is 2. The molecule has 1 unspecified atom stereocenters. The molecule has 0 spiro atoms. The average molecular weight is 336 g/mol. The number of nitrogens with one attached hydrogen (secondary N) is 2. The van der Waals surface area contributed by atoms with Crippen LogP contribution in [0.5, 0.6) is 0 Å². The lowest BCUT2D eigenvalue weighted by Gasteiger charge is -2.18. The van der Waals surface area contributed by atoms with Crippen molar-refractivity contribution < 1.29 is 0 Å². The molecule has 20 heavy (non-hydrogen) atoms. The summed E-state index contributed by atoms with van der Waals surface area (Å²) in [6, 6.07) is 5.95. The minimum absolute atomic E-state index is 0.0850. The molecule has 0 fully saturated rings. The second-order valence-corrected chi connectivity index (χ2v) is 5.85. The highest BCUT2D eigenvalue weighted by Gasteiger charge is 2.15. The normalized spacial score (nSPS) is 12.2. The molecule has 1 aromatic heterocycles. The van der Waals surface area contributed by atoms with Crippen molar-refractivity contribution >= 4 is 21.6 Å². The van der Waals surface area contributed by atoms with Gasteiger partial charge in [-0.15, -0.1) is 0 Å². The van der Waals surface area contributed by atoms with Gasteiger partial charge in [0.05, 0.1) is 17.3 Å². The zero-order valence-corrected chi connectivity index (χ0v) is 13.6. The Bertz CT molecular complexity index is 694. The SMILES string of the molecule is Cc1ccc(NC(C)c2c(C)nc(C)[nH]c2=O)c(Br)c1. The molecule has 5 heteroatoms. The summed E-state index contributed by atoms with van der Waals surface area (Å²) in [5.41, 5.74) is 3.49. The predicted molar refractivity (Wildman–Crippen MR) is 85.2 cm³/mol. The summed E-state index contributed by atoms with van der Waals surface area (Å²) in [5.74, 6) is 0.639. The number of benzene rings is 1. The molecule has 0 bridgehead atoms. The highest BCUT2D eigenvalue weighted by molar-refractivity contribution is 9.10. The fraction of sp³-hybridized carbons (Fsp3) is 0.333. The smallest absolute Gasteiger partial charge is 0.256 e. The van der Waals surface area contributed by atoms with Gasteiger partial charge in [0, 0.05) is 10.2 Å². The molecule has 0 saturated carbocycles. The maximum atomic E-state index is 12.1. The van der Waals surface area contributed by atoms with Crippen molar-refractivity contribution in [1.29, 1.82) is 0 Å². The maximum absolute atomic E-state index is 12.1. The van der Waals surface area contributed by atoms with Gasteiger partial charge < -0.3 is 10.3 Å².